The first-order chi connectivity index (χ1) is 9.50. The minimum Gasteiger partial charge on any atom is -0.468 e. The van der Waals surface area contributed by atoms with E-state index < -0.39 is 5.54 Å². The lowest BCUT2D eigenvalue weighted by Crippen LogP contribution is -2.54. The van der Waals surface area contributed by atoms with E-state index in [2.05, 4.69) is 31.1 Å². The SMILES string of the molecule is CCC(C)CN(C)CCC1CCCC1(NC)C(=O)OC. The van der Waals surface area contributed by atoms with Crippen molar-refractivity contribution < 1.29 is 9.53 Å². The lowest BCUT2D eigenvalue weighted by molar-refractivity contribution is -0.150. The van der Waals surface area contributed by atoms with Gasteiger partial charge >= 0.3 is 5.97 Å². The number of nitrogens with zero attached hydrogens (tertiary/aromatic N) is 1. The van der Waals surface area contributed by atoms with E-state index in [9.17, 15) is 4.79 Å². The molecule has 1 aliphatic carbocycles. The fourth-order valence-corrected chi connectivity index (χ4v) is 3.48. The minimum atomic E-state index is -0.452. The van der Waals surface area contributed by atoms with Crippen molar-refractivity contribution in [2.24, 2.45) is 11.8 Å². The predicted molar refractivity (Wildman–Crippen MR) is 82.7 cm³/mol. The molecule has 0 spiro atoms. The van der Waals surface area contributed by atoms with Gasteiger partial charge < -0.3 is 15.0 Å². The zero-order valence-electron chi connectivity index (χ0n) is 13.9. The molecule has 1 N–H and O–H groups in total. The number of hydrogen-bond acceptors (Lipinski definition) is 4. The fourth-order valence-electron chi connectivity index (χ4n) is 3.48. The van der Waals surface area contributed by atoms with E-state index in [0.29, 0.717) is 5.92 Å². The highest BCUT2D eigenvalue weighted by Gasteiger charge is 2.48. The van der Waals surface area contributed by atoms with Gasteiger partial charge in [-0.05, 0) is 51.7 Å². The van der Waals surface area contributed by atoms with E-state index >= 15 is 0 Å². The number of rotatable bonds is 8. The zero-order valence-corrected chi connectivity index (χ0v) is 13.9. The Balaban J connectivity index is 2.55. The van der Waals surface area contributed by atoms with Gasteiger partial charge in [0, 0.05) is 6.54 Å². The molecule has 1 aliphatic rings. The molecule has 0 saturated heterocycles. The van der Waals surface area contributed by atoms with E-state index in [-0.39, 0.29) is 5.97 Å². The van der Waals surface area contributed by atoms with Gasteiger partial charge in [0.1, 0.15) is 5.54 Å². The number of ether oxygens (including phenoxy) is 1. The molecule has 20 heavy (non-hydrogen) atoms. The second kappa shape index (κ2) is 7.99. The largest absolute Gasteiger partial charge is 0.468 e. The van der Waals surface area contributed by atoms with Crippen LogP contribution in [0.5, 0.6) is 0 Å². The molecule has 118 valence electrons. The van der Waals surface area contributed by atoms with Crippen molar-refractivity contribution in [3.8, 4) is 0 Å². The van der Waals surface area contributed by atoms with Crippen LogP contribution in [-0.4, -0.2) is 50.7 Å². The maximum Gasteiger partial charge on any atom is 0.326 e. The third-order valence-corrected chi connectivity index (χ3v) is 5.00. The molecule has 0 aliphatic heterocycles. The van der Waals surface area contributed by atoms with Crippen molar-refractivity contribution in [1.29, 1.82) is 0 Å². The molecule has 0 amide bonds. The predicted octanol–water partition coefficient (Wildman–Crippen LogP) is 2.29. The van der Waals surface area contributed by atoms with Gasteiger partial charge in [-0.1, -0.05) is 26.7 Å². The standard InChI is InChI=1S/C16H32N2O2/c1-6-13(2)12-18(4)11-9-14-8-7-10-16(14,17-3)15(19)20-5/h13-14,17H,6-12H2,1-5H3. The van der Waals surface area contributed by atoms with E-state index in [1.165, 1.54) is 13.5 Å². The minimum absolute atomic E-state index is 0.0907. The molecule has 0 heterocycles. The van der Waals surface area contributed by atoms with Gasteiger partial charge in [-0.3, -0.25) is 4.79 Å². The molecule has 0 aromatic rings. The first kappa shape index (κ1) is 17.4. The Morgan fingerprint density at radius 2 is 2.25 bits per heavy atom. The Hall–Kier alpha value is -0.610. The summed E-state index contributed by atoms with van der Waals surface area (Å²) in [5.74, 6) is 1.03. The van der Waals surface area contributed by atoms with Crippen molar-refractivity contribution in [3.63, 3.8) is 0 Å². The number of likely N-dealkylation sites (N-methyl/N-ethyl adjacent to an activating group) is 1. The summed E-state index contributed by atoms with van der Waals surface area (Å²) < 4.78 is 5.03. The lowest BCUT2D eigenvalue weighted by Gasteiger charge is -2.33. The van der Waals surface area contributed by atoms with Crippen LogP contribution in [0.3, 0.4) is 0 Å². The van der Waals surface area contributed by atoms with Crippen molar-refractivity contribution in [1.82, 2.24) is 10.2 Å². The van der Waals surface area contributed by atoms with E-state index in [4.69, 9.17) is 4.74 Å². The Kier molecular flexibility index (Phi) is 6.96. The second-order valence-electron chi connectivity index (χ2n) is 6.37. The summed E-state index contributed by atoms with van der Waals surface area (Å²) in [7, 11) is 5.56. The molecule has 1 rings (SSSR count). The van der Waals surface area contributed by atoms with E-state index in [0.717, 1.165) is 44.7 Å². The Bertz CT molecular complexity index is 309. The van der Waals surface area contributed by atoms with Crippen molar-refractivity contribution in [3.05, 3.63) is 0 Å². The molecular formula is C16H32N2O2. The molecule has 0 radical (unpaired) electrons. The van der Waals surface area contributed by atoms with Gasteiger partial charge in [-0.15, -0.1) is 0 Å². The average Bonchev–Trinajstić information content (AvgIpc) is 2.88. The topological polar surface area (TPSA) is 41.6 Å². The van der Waals surface area contributed by atoms with Crippen LogP contribution in [0.25, 0.3) is 0 Å². The van der Waals surface area contributed by atoms with Crippen molar-refractivity contribution >= 4 is 5.97 Å². The molecule has 0 bridgehead atoms. The van der Waals surface area contributed by atoms with Crippen LogP contribution in [0.15, 0.2) is 0 Å². The molecule has 3 atom stereocenters. The van der Waals surface area contributed by atoms with Crippen LogP contribution < -0.4 is 5.32 Å². The van der Waals surface area contributed by atoms with Crippen LogP contribution >= 0.6 is 0 Å². The number of methoxy groups -OCH3 is 1. The summed E-state index contributed by atoms with van der Waals surface area (Å²) >= 11 is 0. The summed E-state index contributed by atoms with van der Waals surface area (Å²) in [6.45, 7) is 6.71. The Morgan fingerprint density at radius 3 is 2.80 bits per heavy atom. The van der Waals surface area contributed by atoms with Gasteiger partial charge in [-0.25, -0.2) is 0 Å². The monoisotopic (exact) mass is 284 g/mol. The maximum atomic E-state index is 12.1. The summed E-state index contributed by atoms with van der Waals surface area (Å²) in [5.41, 5.74) is -0.452. The van der Waals surface area contributed by atoms with E-state index in [1.807, 2.05) is 7.05 Å². The van der Waals surface area contributed by atoms with Crippen LogP contribution in [0, 0.1) is 11.8 Å². The van der Waals surface area contributed by atoms with Gasteiger partial charge in [0.2, 0.25) is 0 Å². The molecule has 0 aromatic carbocycles. The molecule has 4 heteroatoms. The number of carbonyl (C=O) groups excluding carboxylic acids is 1. The molecule has 0 aromatic heterocycles. The highest BCUT2D eigenvalue weighted by atomic mass is 16.5. The third-order valence-electron chi connectivity index (χ3n) is 5.00. The molecule has 4 nitrogen and oxygen atoms in total. The molecule has 1 saturated carbocycles. The van der Waals surface area contributed by atoms with Gasteiger partial charge in [0.25, 0.3) is 0 Å². The van der Waals surface area contributed by atoms with Gasteiger partial charge in [0.15, 0.2) is 0 Å². The van der Waals surface area contributed by atoms with Crippen LogP contribution in [-0.2, 0) is 9.53 Å². The van der Waals surface area contributed by atoms with Gasteiger partial charge in [0.05, 0.1) is 7.11 Å². The Morgan fingerprint density at radius 1 is 1.55 bits per heavy atom. The van der Waals surface area contributed by atoms with Crippen LogP contribution in [0.1, 0.15) is 46.0 Å². The Labute approximate surface area is 124 Å². The number of carbonyl (C=O) groups is 1. The normalized spacial score (nSPS) is 27.8. The van der Waals surface area contributed by atoms with Crippen LogP contribution in [0.2, 0.25) is 0 Å². The highest BCUT2D eigenvalue weighted by Crippen LogP contribution is 2.38. The van der Waals surface area contributed by atoms with Crippen LogP contribution in [0.4, 0.5) is 0 Å². The van der Waals surface area contributed by atoms with E-state index in [1.54, 1.807) is 0 Å². The lowest BCUT2D eigenvalue weighted by atomic mass is 9.84. The molecule has 3 unspecified atom stereocenters. The zero-order chi connectivity index (χ0) is 15.2. The maximum absolute atomic E-state index is 12.1. The number of esters is 1. The number of hydrogen-bond donors (Lipinski definition) is 1. The van der Waals surface area contributed by atoms with Gasteiger partial charge in [-0.2, -0.15) is 0 Å². The molecular weight excluding hydrogens is 252 g/mol. The summed E-state index contributed by atoms with van der Waals surface area (Å²) in [5, 5.41) is 3.26. The quantitative estimate of drug-likeness (QED) is 0.694. The smallest absolute Gasteiger partial charge is 0.326 e. The summed E-state index contributed by atoms with van der Waals surface area (Å²) in [6.07, 6.45) is 5.40. The first-order valence-corrected chi connectivity index (χ1v) is 7.96. The fraction of sp³-hybridized carbons (Fsp3) is 0.938. The highest BCUT2D eigenvalue weighted by molar-refractivity contribution is 5.81. The summed E-state index contributed by atoms with van der Waals surface area (Å²) in [6, 6.07) is 0. The molecule has 1 fully saturated rings. The summed E-state index contributed by atoms with van der Waals surface area (Å²) in [4.78, 5) is 14.5. The number of nitrogens with one attached hydrogen (secondary N) is 1. The first-order valence-electron chi connectivity index (χ1n) is 7.96. The average molecular weight is 284 g/mol. The second-order valence-corrected chi connectivity index (χ2v) is 6.37. The van der Waals surface area contributed by atoms with Crippen molar-refractivity contribution in [2.75, 3.05) is 34.3 Å². The third kappa shape index (κ3) is 3.95. The van der Waals surface area contributed by atoms with Crippen molar-refractivity contribution in [2.45, 2.75) is 51.5 Å².